The SMILES string of the molecule is COc1ccc(CCC#N)c(O)c1Cl. The number of aryl methyl sites for hydroxylation is 1. The monoisotopic (exact) mass is 211 g/mol. The van der Waals surface area contributed by atoms with Gasteiger partial charge in [-0.25, -0.2) is 0 Å². The van der Waals surface area contributed by atoms with Crippen molar-refractivity contribution in [2.24, 2.45) is 0 Å². The minimum atomic E-state index is 0.00117. The number of rotatable bonds is 3. The second kappa shape index (κ2) is 4.73. The first kappa shape index (κ1) is 10.7. The molecule has 1 rings (SSSR count). The fourth-order valence-electron chi connectivity index (χ4n) is 1.14. The standard InChI is InChI=1S/C10H10ClNO2/c1-14-8-5-4-7(3-2-6-12)10(13)9(8)11/h4-5,13H,2-3H2,1H3. The van der Waals surface area contributed by atoms with Gasteiger partial charge in [-0.2, -0.15) is 5.26 Å². The number of aromatic hydroxyl groups is 1. The Hall–Kier alpha value is -1.40. The van der Waals surface area contributed by atoms with Crippen LogP contribution in [0.3, 0.4) is 0 Å². The molecule has 4 heteroatoms. The largest absolute Gasteiger partial charge is 0.506 e. The summed E-state index contributed by atoms with van der Waals surface area (Å²) >= 11 is 5.82. The van der Waals surface area contributed by atoms with Gasteiger partial charge in [0.1, 0.15) is 16.5 Å². The maximum Gasteiger partial charge on any atom is 0.141 e. The zero-order valence-electron chi connectivity index (χ0n) is 7.75. The molecule has 0 aliphatic carbocycles. The Labute approximate surface area is 87.5 Å². The summed E-state index contributed by atoms with van der Waals surface area (Å²) in [5.74, 6) is 0.436. The molecule has 1 N–H and O–H groups in total. The number of benzene rings is 1. The molecule has 0 radical (unpaired) electrons. The number of halogens is 1. The van der Waals surface area contributed by atoms with Gasteiger partial charge in [-0.3, -0.25) is 0 Å². The van der Waals surface area contributed by atoms with Crippen LogP contribution < -0.4 is 4.74 Å². The summed E-state index contributed by atoms with van der Waals surface area (Å²) in [7, 11) is 1.48. The van der Waals surface area contributed by atoms with Crippen molar-refractivity contribution in [3.63, 3.8) is 0 Å². The number of nitrogens with zero attached hydrogens (tertiary/aromatic N) is 1. The van der Waals surface area contributed by atoms with Crippen LogP contribution >= 0.6 is 11.6 Å². The molecule has 3 nitrogen and oxygen atoms in total. The van der Waals surface area contributed by atoms with Crippen LogP contribution in [0.5, 0.6) is 11.5 Å². The maximum absolute atomic E-state index is 9.61. The van der Waals surface area contributed by atoms with Crippen molar-refractivity contribution < 1.29 is 9.84 Å². The molecule has 0 aliphatic rings. The molecule has 1 aromatic rings. The molecular weight excluding hydrogens is 202 g/mol. The second-order valence-corrected chi connectivity index (χ2v) is 3.13. The van der Waals surface area contributed by atoms with E-state index < -0.39 is 0 Å². The molecule has 0 aliphatic heterocycles. The quantitative estimate of drug-likeness (QED) is 0.836. The van der Waals surface area contributed by atoms with Crippen molar-refractivity contribution in [1.29, 1.82) is 5.26 Å². The van der Waals surface area contributed by atoms with Crippen LogP contribution in [0.2, 0.25) is 5.02 Å². The number of ether oxygens (including phenoxy) is 1. The Kier molecular flexibility index (Phi) is 3.61. The Balaban J connectivity index is 2.99. The number of phenols is 1. The van der Waals surface area contributed by atoms with Crippen LogP contribution in [-0.4, -0.2) is 12.2 Å². The Morgan fingerprint density at radius 3 is 2.86 bits per heavy atom. The summed E-state index contributed by atoms with van der Waals surface area (Å²) in [5, 5.41) is 18.2. The average Bonchev–Trinajstić information content (AvgIpc) is 2.20. The van der Waals surface area contributed by atoms with Crippen LogP contribution in [0.1, 0.15) is 12.0 Å². The number of phenolic OH excluding ortho intramolecular Hbond substituents is 1. The van der Waals surface area contributed by atoms with Gasteiger partial charge in [0.25, 0.3) is 0 Å². The van der Waals surface area contributed by atoms with E-state index >= 15 is 0 Å². The molecule has 0 spiro atoms. The summed E-state index contributed by atoms with van der Waals surface area (Å²) in [5.41, 5.74) is 0.664. The topological polar surface area (TPSA) is 53.2 Å². The van der Waals surface area contributed by atoms with E-state index in [1.54, 1.807) is 12.1 Å². The summed E-state index contributed by atoms with van der Waals surface area (Å²) < 4.78 is 4.93. The molecule has 14 heavy (non-hydrogen) atoms. The van der Waals surface area contributed by atoms with E-state index in [4.69, 9.17) is 21.6 Å². The highest BCUT2D eigenvalue weighted by atomic mass is 35.5. The van der Waals surface area contributed by atoms with E-state index in [2.05, 4.69) is 0 Å². The summed E-state index contributed by atoms with van der Waals surface area (Å²) in [6, 6.07) is 5.39. The van der Waals surface area contributed by atoms with E-state index in [1.807, 2.05) is 6.07 Å². The molecule has 0 bridgehead atoms. The van der Waals surface area contributed by atoms with Gasteiger partial charge in [0, 0.05) is 6.42 Å². The molecule has 0 heterocycles. The van der Waals surface area contributed by atoms with Gasteiger partial charge in [-0.1, -0.05) is 17.7 Å². The highest BCUT2D eigenvalue weighted by molar-refractivity contribution is 6.33. The third-order valence-electron chi connectivity index (χ3n) is 1.89. The van der Waals surface area contributed by atoms with Crippen LogP contribution in [-0.2, 0) is 6.42 Å². The zero-order valence-corrected chi connectivity index (χ0v) is 8.51. The molecule has 0 fully saturated rings. The van der Waals surface area contributed by atoms with Gasteiger partial charge >= 0.3 is 0 Å². The van der Waals surface area contributed by atoms with Gasteiger partial charge in [0.15, 0.2) is 0 Å². The van der Waals surface area contributed by atoms with Gasteiger partial charge in [-0.15, -0.1) is 0 Å². The molecular formula is C10H10ClNO2. The molecule has 0 saturated heterocycles. The lowest BCUT2D eigenvalue weighted by Crippen LogP contribution is -1.89. The lowest BCUT2D eigenvalue weighted by Gasteiger charge is -2.08. The molecule has 0 aromatic heterocycles. The molecule has 0 atom stereocenters. The highest BCUT2D eigenvalue weighted by Gasteiger charge is 2.10. The second-order valence-electron chi connectivity index (χ2n) is 2.75. The predicted molar refractivity (Wildman–Crippen MR) is 53.6 cm³/mol. The third kappa shape index (κ3) is 2.09. The number of hydrogen-bond donors (Lipinski definition) is 1. The third-order valence-corrected chi connectivity index (χ3v) is 2.26. The van der Waals surface area contributed by atoms with Crippen molar-refractivity contribution in [1.82, 2.24) is 0 Å². The predicted octanol–water partition coefficient (Wildman–Crippen LogP) is 2.51. The molecule has 1 aromatic carbocycles. The van der Waals surface area contributed by atoms with E-state index in [9.17, 15) is 5.11 Å². The van der Waals surface area contributed by atoms with E-state index in [0.29, 0.717) is 24.2 Å². The zero-order chi connectivity index (χ0) is 10.6. The van der Waals surface area contributed by atoms with Crippen molar-refractivity contribution in [3.8, 4) is 17.6 Å². The Bertz CT molecular complexity index is 371. The molecule has 0 saturated carbocycles. The fourth-order valence-corrected chi connectivity index (χ4v) is 1.40. The highest BCUT2D eigenvalue weighted by Crippen LogP contribution is 2.36. The number of methoxy groups -OCH3 is 1. The Morgan fingerprint density at radius 2 is 2.29 bits per heavy atom. The average molecular weight is 212 g/mol. The van der Waals surface area contributed by atoms with E-state index in [0.717, 1.165) is 0 Å². The first-order valence-electron chi connectivity index (χ1n) is 4.12. The summed E-state index contributed by atoms with van der Waals surface area (Å²) in [4.78, 5) is 0. The van der Waals surface area contributed by atoms with Gasteiger partial charge in [0.2, 0.25) is 0 Å². The van der Waals surface area contributed by atoms with Crippen molar-refractivity contribution >= 4 is 11.6 Å². The van der Waals surface area contributed by atoms with Crippen molar-refractivity contribution in [2.75, 3.05) is 7.11 Å². The van der Waals surface area contributed by atoms with Crippen LogP contribution in [0, 0.1) is 11.3 Å². The maximum atomic E-state index is 9.61. The Morgan fingerprint density at radius 1 is 1.57 bits per heavy atom. The van der Waals surface area contributed by atoms with Crippen molar-refractivity contribution in [2.45, 2.75) is 12.8 Å². The first-order valence-corrected chi connectivity index (χ1v) is 4.49. The number of nitriles is 1. The minimum Gasteiger partial charge on any atom is -0.506 e. The first-order chi connectivity index (χ1) is 6.70. The number of hydrogen-bond acceptors (Lipinski definition) is 3. The lowest BCUT2D eigenvalue weighted by atomic mass is 10.1. The smallest absolute Gasteiger partial charge is 0.141 e. The van der Waals surface area contributed by atoms with Gasteiger partial charge < -0.3 is 9.84 Å². The molecule has 74 valence electrons. The lowest BCUT2D eigenvalue weighted by molar-refractivity contribution is 0.407. The molecule has 0 amide bonds. The fraction of sp³-hybridized carbons (Fsp3) is 0.300. The van der Waals surface area contributed by atoms with Gasteiger partial charge in [-0.05, 0) is 18.1 Å². The van der Waals surface area contributed by atoms with Crippen molar-refractivity contribution in [3.05, 3.63) is 22.7 Å². The van der Waals surface area contributed by atoms with Crippen LogP contribution in [0.4, 0.5) is 0 Å². The van der Waals surface area contributed by atoms with Crippen LogP contribution in [0.25, 0.3) is 0 Å². The normalized spacial score (nSPS) is 9.50. The minimum absolute atomic E-state index is 0.00117. The van der Waals surface area contributed by atoms with E-state index in [-0.39, 0.29) is 10.8 Å². The summed E-state index contributed by atoms with van der Waals surface area (Å²) in [6.07, 6.45) is 0.849. The van der Waals surface area contributed by atoms with Gasteiger partial charge in [0.05, 0.1) is 13.2 Å². The van der Waals surface area contributed by atoms with Crippen LogP contribution in [0.15, 0.2) is 12.1 Å². The molecule has 0 unspecified atom stereocenters. The van der Waals surface area contributed by atoms with E-state index in [1.165, 1.54) is 7.11 Å². The summed E-state index contributed by atoms with van der Waals surface area (Å²) in [6.45, 7) is 0.